The molecular weight excluding hydrogens is 452 g/mol. The van der Waals surface area contributed by atoms with Crippen LogP contribution >= 0.6 is 0 Å². The minimum absolute atomic E-state index is 0.132. The van der Waals surface area contributed by atoms with Gasteiger partial charge in [-0.15, -0.1) is 0 Å². The summed E-state index contributed by atoms with van der Waals surface area (Å²) in [6, 6.07) is 6.14. The normalized spacial score (nSPS) is 34.0. The van der Waals surface area contributed by atoms with Crippen molar-refractivity contribution >= 4 is 23.5 Å². The number of aliphatic hydroxyl groups excluding tert-OH is 1. The predicted molar refractivity (Wildman–Crippen MR) is 126 cm³/mol. The zero-order valence-electron chi connectivity index (χ0n) is 19.9. The van der Waals surface area contributed by atoms with E-state index in [4.69, 9.17) is 14.2 Å². The fourth-order valence-electron chi connectivity index (χ4n) is 5.96. The first-order chi connectivity index (χ1) is 16.9. The molecule has 0 aliphatic carbocycles. The fraction of sp³-hybridized carbons (Fsp3) is 0.500. The molecular formula is C26H30N2O7. The smallest absolute Gasteiger partial charge is 0.313 e. The Morgan fingerprint density at radius 3 is 2.57 bits per heavy atom. The summed E-state index contributed by atoms with van der Waals surface area (Å²) in [5, 5.41) is 9.48. The Balaban J connectivity index is 1.61. The Kier molecular flexibility index (Phi) is 5.93. The number of rotatable bonds is 5. The van der Waals surface area contributed by atoms with Crippen molar-refractivity contribution in [1.82, 2.24) is 4.90 Å². The number of aliphatic hydroxyl groups is 1. The van der Waals surface area contributed by atoms with Crippen molar-refractivity contribution in [3.63, 3.8) is 0 Å². The van der Waals surface area contributed by atoms with Gasteiger partial charge < -0.3 is 29.1 Å². The first-order valence-corrected chi connectivity index (χ1v) is 12.0. The molecule has 2 fully saturated rings. The van der Waals surface area contributed by atoms with Crippen molar-refractivity contribution in [3.05, 3.63) is 48.6 Å². The summed E-state index contributed by atoms with van der Waals surface area (Å²) in [6.07, 6.45) is 8.20. The highest BCUT2D eigenvalue weighted by Crippen LogP contribution is 2.57. The number of hydrogen-bond donors (Lipinski definition) is 1. The van der Waals surface area contributed by atoms with E-state index in [1.54, 1.807) is 49.3 Å². The number of fused-ring (bicyclic) bond motifs is 2. The molecule has 0 aromatic heterocycles. The Morgan fingerprint density at radius 1 is 1.09 bits per heavy atom. The third kappa shape index (κ3) is 3.56. The second kappa shape index (κ2) is 8.80. The fourth-order valence-corrected chi connectivity index (χ4v) is 5.96. The molecule has 0 bridgehead atoms. The van der Waals surface area contributed by atoms with Gasteiger partial charge in [0.2, 0.25) is 5.91 Å². The highest BCUT2D eigenvalue weighted by molar-refractivity contribution is 6.05. The summed E-state index contributed by atoms with van der Waals surface area (Å²) in [5.41, 5.74) is -1.78. The van der Waals surface area contributed by atoms with Crippen molar-refractivity contribution < 1.29 is 33.7 Å². The van der Waals surface area contributed by atoms with Crippen LogP contribution in [0.25, 0.3) is 0 Å². The maximum atomic E-state index is 14.1. The highest BCUT2D eigenvalue weighted by Gasteiger charge is 2.74. The van der Waals surface area contributed by atoms with Crippen LogP contribution in [0.4, 0.5) is 5.69 Å². The molecule has 4 heterocycles. The van der Waals surface area contributed by atoms with E-state index < -0.39 is 35.0 Å². The van der Waals surface area contributed by atoms with E-state index >= 15 is 0 Å². The molecule has 4 aliphatic rings. The minimum Gasteiger partial charge on any atom is -0.497 e. The Labute approximate surface area is 203 Å². The lowest BCUT2D eigenvalue weighted by Crippen LogP contribution is -2.56. The number of amides is 2. The molecule has 2 saturated heterocycles. The lowest BCUT2D eigenvalue weighted by Gasteiger charge is -2.37. The van der Waals surface area contributed by atoms with Crippen LogP contribution in [0.5, 0.6) is 5.75 Å². The third-order valence-corrected chi connectivity index (χ3v) is 7.46. The number of likely N-dealkylation sites (tertiary alicyclic amines) is 1. The van der Waals surface area contributed by atoms with Gasteiger partial charge in [-0.1, -0.05) is 24.3 Å². The number of anilines is 1. The largest absolute Gasteiger partial charge is 0.497 e. The van der Waals surface area contributed by atoms with Crippen LogP contribution in [0.2, 0.25) is 0 Å². The first kappa shape index (κ1) is 23.6. The van der Waals surface area contributed by atoms with Gasteiger partial charge in [0.25, 0.3) is 5.91 Å². The molecule has 2 amide bonds. The number of nitrogens with zero attached hydrogens (tertiary/aromatic N) is 2. The summed E-state index contributed by atoms with van der Waals surface area (Å²) in [7, 11) is 1.57. The summed E-state index contributed by atoms with van der Waals surface area (Å²) in [4.78, 5) is 44.3. The molecule has 1 aromatic carbocycles. The second-order valence-corrected chi connectivity index (χ2v) is 9.51. The number of ether oxygens (including phenoxy) is 3. The topological polar surface area (TPSA) is 106 Å². The third-order valence-electron chi connectivity index (χ3n) is 7.46. The number of carbonyl (C=O) groups excluding carboxylic acids is 3. The standard InChI is InChI=1S/C26H30N2O7/c1-25-11-3-4-16-34-24(32)20(25)19-22(30)28(14-6-15-29)21-23(31)27(13-5-12-26(19,21)35-25)17-7-9-18(33-2)10-8-17/h3,5,7-12,19-21,29H,4,6,13-16H2,1-2H3/t19-,20+,21?,25-,26-/m0/s1. The van der Waals surface area contributed by atoms with Crippen molar-refractivity contribution in [1.29, 1.82) is 0 Å². The number of methoxy groups -OCH3 is 1. The van der Waals surface area contributed by atoms with Gasteiger partial charge >= 0.3 is 5.97 Å². The Morgan fingerprint density at radius 2 is 1.86 bits per heavy atom. The SMILES string of the molecule is COc1ccc(N2CC=C[C@]34O[C@@]5(C)C=CCCOC(=O)[C@H]5[C@H]3C(=O)N(CCCO)C4C2=O)cc1. The molecule has 1 aromatic rings. The lowest BCUT2D eigenvalue weighted by molar-refractivity contribution is -0.159. The molecule has 1 N–H and O–H groups in total. The lowest BCUT2D eigenvalue weighted by atomic mass is 9.74. The maximum absolute atomic E-state index is 14.1. The van der Waals surface area contributed by atoms with Gasteiger partial charge in [-0.3, -0.25) is 14.4 Å². The van der Waals surface area contributed by atoms with Crippen molar-refractivity contribution in [2.24, 2.45) is 11.8 Å². The maximum Gasteiger partial charge on any atom is 0.313 e. The monoisotopic (exact) mass is 482 g/mol. The number of esters is 1. The average Bonchev–Trinajstić information content (AvgIpc) is 3.16. The molecule has 5 rings (SSSR count). The molecule has 1 spiro atoms. The van der Waals surface area contributed by atoms with Crippen molar-refractivity contribution in [2.45, 2.75) is 37.0 Å². The average molecular weight is 483 g/mol. The molecule has 1 unspecified atom stereocenters. The van der Waals surface area contributed by atoms with Gasteiger partial charge in [-0.05, 0) is 44.0 Å². The van der Waals surface area contributed by atoms with Crippen molar-refractivity contribution in [3.8, 4) is 5.75 Å². The highest BCUT2D eigenvalue weighted by atomic mass is 16.6. The van der Waals surface area contributed by atoms with E-state index in [1.807, 2.05) is 18.2 Å². The van der Waals surface area contributed by atoms with Crippen LogP contribution in [0.15, 0.2) is 48.6 Å². The van der Waals surface area contributed by atoms with Gasteiger partial charge in [-0.25, -0.2) is 0 Å². The van der Waals surface area contributed by atoms with E-state index in [-0.39, 0.29) is 38.1 Å². The summed E-state index contributed by atoms with van der Waals surface area (Å²) in [6.45, 7) is 2.33. The van der Waals surface area contributed by atoms with Crippen LogP contribution in [0.1, 0.15) is 19.8 Å². The van der Waals surface area contributed by atoms with E-state index in [2.05, 4.69) is 0 Å². The zero-order valence-corrected chi connectivity index (χ0v) is 19.9. The molecule has 35 heavy (non-hydrogen) atoms. The van der Waals surface area contributed by atoms with E-state index in [9.17, 15) is 19.5 Å². The molecule has 5 atom stereocenters. The zero-order chi connectivity index (χ0) is 24.8. The molecule has 186 valence electrons. The number of carbonyl (C=O) groups is 3. The number of cyclic esters (lactones) is 1. The summed E-state index contributed by atoms with van der Waals surface area (Å²) >= 11 is 0. The van der Waals surface area contributed by atoms with Crippen LogP contribution in [0.3, 0.4) is 0 Å². The Hall–Kier alpha value is -3.17. The van der Waals surface area contributed by atoms with Crippen LogP contribution in [-0.2, 0) is 23.9 Å². The van der Waals surface area contributed by atoms with E-state index in [1.165, 1.54) is 4.90 Å². The van der Waals surface area contributed by atoms with Crippen molar-refractivity contribution in [2.75, 3.05) is 38.3 Å². The van der Waals surface area contributed by atoms with Gasteiger partial charge in [0.1, 0.15) is 23.3 Å². The minimum atomic E-state index is -1.34. The molecule has 0 radical (unpaired) electrons. The second-order valence-electron chi connectivity index (χ2n) is 9.51. The predicted octanol–water partition coefficient (Wildman–Crippen LogP) is 1.45. The van der Waals surface area contributed by atoms with Crippen LogP contribution < -0.4 is 9.64 Å². The summed E-state index contributed by atoms with van der Waals surface area (Å²) < 4.78 is 17.4. The number of benzene rings is 1. The van der Waals surface area contributed by atoms with Gasteiger partial charge in [0, 0.05) is 25.4 Å². The van der Waals surface area contributed by atoms with Gasteiger partial charge in [-0.2, -0.15) is 0 Å². The molecule has 0 saturated carbocycles. The first-order valence-electron chi connectivity index (χ1n) is 12.0. The van der Waals surface area contributed by atoms with Gasteiger partial charge in [0.15, 0.2) is 0 Å². The van der Waals surface area contributed by atoms with Gasteiger partial charge in [0.05, 0.1) is 25.2 Å². The van der Waals surface area contributed by atoms with E-state index in [0.717, 1.165) is 0 Å². The Bertz CT molecular complexity index is 1080. The molecule has 4 aliphatic heterocycles. The van der Waals surface area contributed by atoms with E-state index in [0.29, 0.717) is 24.3 Å². The summed E-state index contributed by atoms with van der Waals surface area (Å²) in [5.74, 6) is -2.27. The van der Waals surface area contributed by atoms with Crippen LogP contribution in [0, 0.1) is 11.8 Å². The molecule has 9 nitrogen and oxygen atoms in total. The molecule has 9 heteroatoms. The van der Waals surface area contributed by atoms with Crippen LogP contribution in [-0.4, -0.2) is 78.4 Å². The quantitative estimate of drug-likeness (QED) is 0.500. The number of hydrogen-bond acceptors (Lipinski definition) is 7.